The molecular weight excluding hydrogens is 434 g/mol. The molecule has 11 heteroatoms. The highest BCUT2D eigenvalue weighted by molar-refractivity contribution is 5.94. The SMILES string of the molecule is CCOc1cccnc1Oc1cncc(-c2ncc(C(=O)N[C@H]3CNCCC3(F)F)cn2)c1. The molecular formula is C22H22F2N6O3. The lowest BCUT2D eigenvalue weighted by atomic mass is 10.0. The Labute approximate surface area is 188 Å². The number of hydrogen-bond acceptors (Lipinski definition) is 8. The van der Waals surface area contributed by atoms with Gasteiger partial charge in [-0.2, -0.15) is 0 Å². The van der Waals surface area contributed by atoms with Crippen molar-refractivity contribution in [1.82, 2.24) is 30.6 Å². The number of piperidine rings is 1. The summed E-state index contributed by atoms with van der Waals surface area (Å²) in [5.74, 6) is -2.16. The van der Waals surface area contributed by atoms with Gasteiger partial charge in [0.25, 0.3) is 17.7 Å². The molecule has 0 aromatic carbocycles. The second-order valence-electron chi connectivity index (χ2n) is 7.29. The van der Waals surface area contributed by atoms with Crippen LogP contribution in [-0.2, 0) is 0 Å². The summed E-state index contributed by atoms with van der Waals surface area (Å²) in [4.78, 5) is 29.1. The molecule has 1 amide bonds. The third-order valence-corrected chi connectivity index (χ3v) is 4.93. The maximum atomic E-state index is 14.0. The van der Waals surface area contributed by atoms with Crippen molar-refractivity contribution in [3.63, 3.8) is 0 Å². The number of carbonyl (C=O) groups is 1. The molecule has 1 aliphatic rings. The molecule has 2 N–H and O–H groups in total. The quantitative estimate of drug-likeness (QED) is 0.558. The number of halogens is 2. The number of nitrogens with one attached hydrogen (secondary N) is 2. The van der Waals surface area contributed by atoms with Gasteiger partial charge in [-0.05, 0) is 25.1 Å². The van der Waals surface area contributed by atoms with E-state index >= 15 is 0 Å². The van der Waals surface area contributed by atoms with Gasteiger partial charge in [-0.15, -0.1) is 0 Å². The van der Waals surface area contributed by atoms with Gasteiger partial charge in [-0.25, -0.2) is 23.7 Å². The maximum Gasteiger partial charge on any atom is 0.270 e. The van der Waals surface area contributed by atoms with Crippen molar-refractivity contribution >= 4 is 5.91 Å². The number of ether oxygens (including phenoxy) is 2. The van der Waals surface area contributed by atoms with E-state index in [9.17, 15) is 13.6 Å². The predicted octanol–water partition coefficient (Wildman–Crippen LogP) is 2.85. The molecule has 172 valence electrons. The summed E-state index contributed by atoms with van der Waals surface area (Å²) < 4.78 is 39.3. The van der Waals surface area contributed by atoms with Gasteiger partial charge in [0.1, 0.15) is 11.8 Å². The summed E-state index contributed by atoms with van der Waals surface area (Å²) in [6.07, 6.45) is 6.87. The minimum Gasteiger partial charge on any atom is -0.488 e. The van der Waals surface area contributed by atoms with Crippen molar-refractivity contribution in [3.05, 3.63) is 54.7 Å². The first-order chi connectivity index (χ1) is 16.0. The zero-order chi connectivity index (χ0) is 23.3. The van der Waals surface area contributed by atoms with E-state index in [-0.39, 0.29) is 25.1 Å². The average Bonchev–Trinajstić information content (AvgIpc) is 2.82. The van der Waals surface area contributed by atoms with Crippen molar-refractivity contribution < 1.29 is 23.0 Å². The minimum absolute atomic E-state index is 0.00256. The van der Waals surface area contributed by atoms with Crippen molar-refractivity contribution in [1.29, 1.82) is 0 Å². The fourth-order valence-corrected chi connectivity index (χ4v) is 3.24. The van der Waals surface area contributed by atoms with Crippen LogP contribution in [-0.4, -0.2) is 57.5 Å². The first-order valence-corrected chi connectivity index (χ1v) is 10.4. The number of nitrogens with zero attached hydrogens (tertiary/aromatic N) is 4. The highest BCUT2D eigenvalue weighted by atomic mass is 19.3. The number of amides is 1. The van der Waals surface area contributed by atoms with Gasteiger partial charge in [-0.1, -0.05) is 0 Å². The monoisotopic (exact) mass is 456 g/mol. The molecule has 0 aliphatic carbocycles. The molecule has 1 saturated heterocycles. The van der Waals surface area contributed by atoms with Crippen LogP contribution < -0.4 is 20.1 Å². The second-order valence-corrected chi connectivity index (χ2v) is 7.29. The van der Waals surface area contributed by atoms with Crippen LogP contribution in [0.4, 0.5) is 8.78 Å². The van der Waals surface area contributed by atoms with Crippen LogP contribution in [0, 0.1) is 0 Å². The van der Waals surface area contributed by atoms with Crippen molar-refractivity contribution in [2.24, 2.45) is 0 Å². The molecule has 0 radical (unpaired) electrons. The largest absolute Gasteiger partial charge is 0.488 e. The Morgan fingerprint density at radius 2 is 2.06 bits per heavy atom. The van der Waals surface area contributed by atoms with Gasteiger partial charge in [0, 0.05) is 49.9 Å². The third kappa shape index (κ3) is 5.37. The lowest BCUT2D eigenvalue weighted by Crippen LogP contribution is -2.57. The summed E-state index contributed by atoms with van der Waals surface area (Å²) in [6, 6.07) is 3.87. The van der Waals surface area contributed by atoms with E-state index in [0.29, 0.717) is 35.4 Å². The highest BCUT2D eigenvalue weighted by Crippen LogP contribution is 2.30. The number of carbonyl (C=O) groups excluding carboxylic acids is 1. The average molecular weight is 456 g/mol. The zero-order valence-corrected chi connectivity index (χ0v) is 17.8. The number of aromatic nitrogens is 4. The fraction of sp³-hybridized carbons (Fsp3) is 0.318. The van der Waals surface area contributed by atoms with E-state index in [0.717, 1.165) is 0 Å². The van der Waals surface area contributed by atoms with E-state index in [1.165, 1.54) is 24.8 Å². The Morgan fingerprint density at radius 1 is 1.24 bits per heavy atom. The summed E-state index contributed by atoms with van der Waals surface area (Å²) in [6.45, 7) is 2.53. The van der Waals surface area contributed by atoms with Crippen LogP contribution in [0.1, 0.15) is 23.7 Å². The van der Waals surface area contributed by atoms with E-state index < -0.39 is 17.9 Å². The lowest BCUT2D eigenvalue weighted by Gasteiger charge is -2.32. The molecule has 1 aliphatic heterocycles. The Morgan fingerprint density at radius 3 is 2.82 bits per heavy atom. The van der Waals surface area contributed by atoms with Crippen LogP contribution in [0.2, 0.25) is 0 Å². The normalized spacial score (nSPS) is 17.2. The summed E-state index contributed by atoms with van der Waals surface area (Å²) in [5.41, 5.74) is 0.617. The van der Waals surface area contributed by atoms with Crippen molar-refractivity contribution in [3.8, 4) is 28.8 Å². The number of rotatable bonds is 7. The molecule has 0 bridgehead atoms. The Balaban J connectivity index is 1.46. The molecule has 4 heterocycles. The second kappa shape index (κ2) is 9.82. The third-order valence-electron chi connectivity index (χ3n) is 4.93. The van der Waals surface area contributed by atoms with Gasteiger partial charge >= 0.3 is 0 Å². The predicted molar refractivity (Wildman–Crippen MR) is 114 cm³/mol. The maximum absolute atomic E-state index is 14.0. The van der Waals surface area contributed by atoms with Gasteiger partial charge in [0.15, 0.2) is 11.6 Å². The van der Waals surface area contributed by atoms with Gasteiger partial charge in [0.05, 0.1) is 18.4 Å². The van der Waals surface area contributed by atoms with Gasteiger partial charge in [0.2, 0.25) is 0 Å². The number of pyridine rings is 2. The summed E-state index contributed by atoms with van der Waals surface area (Å²) >= 11 is 0. The van der Waals surface area contributed by atoms with E-state index in [1.807, 2.05) is 6.92 Å². The molecule has 1 fully saturated rings. The summed E-state index contributed by atoms with van der Waals surface area (Å²) in [7, 11) is 0. The molecule has 0 saturated carbocycles. The number of hydrogen-bond donors (Lipinski definition) is 2. The fourth-order valence-electron chi connectivity index (χ4n) is 3.24. The Hall–Kier alpha value is -3.73. The lowest BCUT2D eigenvalue weighted by molar-refractivity contribution is -0.0542. The molecule has 4 rings (SSSR count). The molecule has 33 heavy (non-hydrogen) atoms. The van der Waals surface area contributed by atoms with E-state index in [1.54, 1.807) is 24.4 Å². The molecule has 3 aromatic rings. The first kappa shape index (κ1) is 22.5. The highest BCUT2D eigenvalue weighted by Gasteiger charge is 2.42. The topological polar surface area (TPSA) is 111 Å². The van der Waals surface area contributed by atoms with Crippen molar-refractivity contribution in [2.45, 2.75) is 25.3 Å². The standard InChI is InChI=1S/C22H22F2N6O3/c1-2-32-17-4-3-6-27-21(17)33-16-8-14(9-26-12-16)19-28-10-15(11-29-19)20(31)30-18-13-25-7-5-22(18,23)24/h3-4,6,8-12,18,25H,2,5,7,13H2,1H3,(H,30,31)/t18-/m0/s1. The molecule has 0 spiro atoms. The van der Waals surface area contributed by atoms with Crippen LogP contribution >= 0.6 is 0 Å². The Kier molecular flexibility index (Phi) is 6.68. The van der Waals surface area contributed by atoms with E-state index in [4.69, 9.17) is 9.47 Å². The first-order valence-electron chi connectivity index (χ1n) is 10.4. The molecule has 0 unspecified atom stereocenters. The van der Waals surface area contributed by atoms with Crippen LogP contribution in [0.15, 0.2) is 49.2 Å². The van der Waals surface area contributed by atoms with Gasteiger partial charge in [-0.3, -0.25) is 9.78 Å². The van der Waals surface area contributed by atoms with Gasteiger partial charge < -0.3 is 20.1 Å². The Bertz CT molecular complexity index is 1110. The number of alkyl halides is 2. The zero-order valence-electron chi connectivity index (χ0n) is 17.8. The molecule has 9 nitrogen and oxygen atoms in total. The van der Waals surface area contributed by atoms with E-state index in [2.05, 4.69) is 30.6 Å². The molecule has 1 atom stereocenters. The smallest absolute Gasteiger partial charge is 0.270 e. The minimum atomic E-state index is -2.97. The van der Waals surface area contributed by atoms with Crippen LogP contribution in [0.3, 0.4) is 0 Å². The summed E-state index contributed by atoms with van der Waals surface area (Å²) in [5, 5.41) is 5.21. The van der Waals surface area contributed by atoms with Crippen LogP contribution in [0.25, 0.3) is 11.4 Å². The van der Waals surface area contributed by atoms with Crippen molar-refractivity contribution in [2.75, 3.05) is 19.7 Å². The van der Waals surface area contributed by atoms with Crippen LogP contribution in [0.5, 0.6) is 17.4 Å². The molecule has 3 aromatic heterocycles.